The summed E-state index contributed by atoms with van der Waals surface area (Å²) in [6.45, 7) is 7.73. The molecule has 4 atom stereocenters. The molecule has 2 N–H and O–H groups in total. The van der Waals surface area contributed by atoms with Gasteiger partial charge in [-0.05, 0) is 207 Å². The van der Waals surface area contributed by atoms with Crippen molar-refractivity contribution in [3.63, 3.8) is 0 Å². The maximum atomic E-state index is 13.4. The van der Waals surface area contributed by atoms with Gasteiger partial charge >= 0.3 is 11.9 Å². The van der Waals surface area contributed by atoms with Crippen molar-refractivity contribution in [1.82, 2.24) is 9.80 Å². The van der Waals surface area contributed by atoms with Gasteiger partial charge in [-0.3, -0.25) is 19.5 Å². The molecule has 3 saturated heterocycles. The van der Waals surface area contributed by atoms with E-state index in [2.05, 4.69) is 147 Å². The van der Waals surface area contributed by atoms with Gasteiger partial charge in [0.2, 0.25) is 0 Å². The fourth-order valence-corrected chi connectivity index (χ4v) is 14.0. The lowest BCUT2D eigenvalue weighted by Crippen LogP contribution is -2.43. The molecule has 2 aliphatic carbocycles. The van der Waals surface area contributed by atoms with Crippen LogP contribution in [0.3, 0.4) is 0 Å². The van der Waals surface area contributed by atoms with Crippen LogP contribution >= 0.6 is 0 Å². The summed E-state index contributed by atoms with van der Waals surface area (Å²) in [4.78, 5) is 45.5. The number of carbonyl (C=O) groups excluding carboxylic acids is 1. The summed E-state index contributed by atoms with van der Waals surface area (Å²) in [6, 6.07) is 52.6. The van der Waals surface area contributed by atoms with Crippen molar-refractivity contribution in [2.24, 2.45) is 5.41 Å². The molecule has 3 heterocycles. The van der Waals surface area contributed by atoms with Crippen LogP contribution in [-0.4, -0.2) is 97.4 Å². The number of anilines is 2. The summed E-state index contributed by atoms with van der Waals surface area (Å²) in [5.41, 5.74) is 13.2. The molecule has 1 spiro atoms. The minimum atomic E-state index is -0.752. The first-order valence-electron chi connectivity index (χ1n) is 28.5. The number of likely N-dealkylation sites (tertiary alicyclic amines) is 1. The number of rotatable bonds is 12. The molecule has 76 heavy (non-hydrogen) atoms. The number of piperidine rings is 1. The van der Waals surface area contributed by atoms with Crippen molar-refractivity contribution in [1.29, 1.82) is 0 Å². The van der Waals surface area contributed by atoms with Gasteiger partial charge in [0.25, 0.3) is 0 Å². The Balaban J connectivity index is 0.685. The first kappa shape index (κ1) is 51.5. The normalized spacial score (nSPS) is 22.4. The Hall–Kier alpha value is -6.62. The second-order valence-electron chi connectivity index (χ2n) is 22.7. The number of nitrogens with zero attached hydrogens (tertiary/aromatic N) is 4. The smallest absolute Gasteiger partial charge is 0.369 e. The fraction of sp³-hybridized carbons (Fsp3) is 0.424. The quantitative estimate of drug-likeness (QED) is 0.0909. The fourth-order valence-electron chi connectivity index (χ4n) is 14.0. The van der Waals surface area contributed by atoms with Crippen molar-refractivity contribution >= 4 is 23.3 Å². The molecule has 10 nitrogen and oxygen atoms in total. The van der Waals surface area contributed by atoms with E-state index in [4.69, 9.17) is 9.78 Å². The highest BCUT2D eigenvalue weighted by Crippen LogP contribution is 2.49. The number of phenols is 1. The molecule has 0 radical (unpaired) electrons. The van der Waals surface area contributed by atoms with Crippen molar-refractivity contribution in [3.05, 3.63) is 190 Å². The van der Waals surface area contributed by atoms with Gasteiger partial charge in [-0.25, -0.2) is 9.68 Å². The lowest BCUT2D eigenvalue weighted by atomic mass is 9.69. The Kier molecular flexibility index (Phi) is 16.1. The van der Waals surface area contributed by atoms with E-state index in [1.807, 2.05) is 18.2 Å². The minimum Gasteiger partial charge on any atom is -0.508 e. The summed E-state index contributed by atoms with van der Waals surface area (Å²) >= 11 is 0. The molecular weight excluding hydrogens is 945 g/mol. The van der Waals surface area contributed by atoms with Crippen molar-refractivity contribution in [2.45, 2.75) is 107 Å². The number of hydrogen-bond acceptors (Lipinski definition) is 9. The van der Waals surface area contributed by atoms with Gasteiger partial charge in [0.15, 0.2) is 5.75 Å². The van der Waals surface area contributed by atoms with Gasteiger partial charge < -0.3 is 20.0 Å². The van der Waals surface area contributed by atoms with Crippen LogP contribution in [0.4, 0.5) is 11.4 Å². The predicted octanol–water partition coefficient (Wildman–Crippen LogP) is 12.5. The van der Waals surface area contributed by atoms with E-state index in [1.54, 1.807) is 0 Å². The Morgan fingerprint density at radius 2 is 1.03 bits per heavy atom. The third-order valence-electron chi connectivity index (χ3n) is 18.1. The van der Waals surface area contributed by atoms with Gasteiger partial charge in [0.1, 0.15) is 12.3 Å². The highest BCUT2D eigenvalue weighted by Gasteiger charge is 2.38. The van der Waals surface area contributed by atoms with Gasteiger partial charge in [-0.1, -0.05) is 103 Å². The number of hydrogen-bond donors (Lipinski definition) is 2. The zero-order valence-electron chi connectivity index (χ0n) is 44.2. The molecule has 6 aromatic carbocycles. The summed E-state index contributed by atoms with van der Waals surface area (Å²) in [5.74, 6) is 0.882. The van der Waals surface area contributed by atoms with E-state index < -0.39 is 5.97 Å². The van der Waals surface area contributed by atoms with Crippen LogP contribution in [0, 0.1) is 5.41 Å². The molecule has 11 rings (SSSR count). The van der Waals surface area contributed by atoms with E-state index in [-0.39, 0.29) is 36.3 Å². The lowest BCUT2D eigenvalue weighted by molar-refractivity contribution is -0.215. The second kappa shape index (κ2) is 23.7. The van der Waals surface area contributed by atoms with Crippen molar-refractivity contribution in [2.75, 3.05) is 75.2 Å². The number of fused-ring (bicyclic) bond motifs is 2. The monoisotopic (exact) mass is 1020 g/mol. The average Bonchev–Trinajstić information content (AvgIpc) is 3.68. The highest BCUT2D eigenvalue weighted by molar-refractivity contribution is 5.71. The van der Waals surface area contributed by atoms with E-state index >= 15 is 0 Å². The van der Waals surface area contributed by atoms with Gasteiger partial charge in [0.05, 0.1) is 6.54 Å². The van der Waals surface area contributed by atoms with E-state index in [9.17, 15) is 19.8 Å². The maximum Gasteiger partial charge on any atom is 0.369 e. The highest BCUT2D eigenvalue weighted by atomic mass is 17.2. The van der Waals surface area contributed by atoms with Crippen molar-refractivity contribution in [3.8, 4) is 11.5 Å². The Labute approximate surface area is 450 Å². The minimum absolute atomic E-state index is 0.112. The predicted molar refractivity (Wildman–Crippen MR) is 302 cm³/mol. The number of aliphatic carboxylic acids is 1. The standard InChI is InChI=1S/C66H76N4O6/c71-56-26-30-60-52(44-56)20-28-58(48-12-4-1-5-13-48)64(60)50-18-24-55(25-19-50)70-39-10-32-66(35-43-70)33-41-68(42-34-66)47-63(74)76-75-57-27-31-61-53(45-57)21-29-59(49-14-6-2-7-15-49)65(61)51-16-22-54(23-17-51)69-38-9-3-8-36-67(37-11-40-69)46-62(72)73/h1-2,4-7,12-19,22-27,30-31,44-45,58-59,64-65,71H,3,8-11,20-21,28-29,32-43,46-47H2,(H,72,73)/t58-,59-,64+,65+/m1/s1. The first-order valence-corrected chi connectivity index (χ1v) is 28.5. The Morgan fingerprint density at radius 1 is 0.500 bits per heavy atom. The third kappa shape index (κ3) is 12.0. The summed E-state index contributed by atoms with van der Waals surface area (Å²) in [6.07, 6.45) is 13.7. The van der Waals surface area contributed by atoms with Gasteiger partial charge in [-0.15, -0.1) is 0 Å². The number of aromatic hydroxyl groups is 1. The largest absolute Gasteiger partial charge is 0.508 e. The molecule has 10 heteroatoms. The van der Waals surface area contributed by atoms with Crippen LogP contribution in [0.2, 0.25) is 0 Å². The molecule has 0 aromatic heterocycles. The molecule has 5 aliphatic rings. The Morgan fingerprint density at radius 3 is 1.66 bits per heavy atom. The molecule has 0 bridgehead atoms. The summed E-state index contributed by atoms with van der Waals surface area (Å²) in [5, 5.41) is 19.7. The van der Waals surface area contributed by atoms with Gasteiger partial charge in [-0.2, -0.15) is 0 Å². The zero-order valence-corrected chi connectivity index (χ0v) is 44.2. The molecule has 0 unspecified atom stereocenters. The van der Waals surface area contributed by atoms with E-state index in [0.717, 1.165) is 129 Å². The number of aryl methyl sites for hydroxylation is 2. The van der Waals surface area contributed by atoms with E-state index in [0.29, 0.717) is 23.3 Å². The average molecular weight is 1020 g/mol. The second-order valence-corrected chi connectivity index (χ2v) is 22.7. The van der Waals surface area contributed by atoms with Crippen LogP contribution in [0.5, 0.6) is 11.5 Å². The van der Waals surface area contributed by atoms with Crippen LogP contribution in [0.25, 0.3) is 0 Å². The molecule has 0 saturated carbocycles. The van der Waals surface area contributed by atoms with Crippen LogP contribution in [0.15, 0.2) is 146 Å². The summed E-state index contributed by atoms with van der Waals surface area (Å²) < 4.78 is 0. The molecule has 396 valence electrons. The number of carboxylic acids is 1. The maximum absolute atomic E-state index is 13.4. The molecule has 6 aromatic rings. The Bertz CT molecular complexity index is 2890. The molecule has 3 aliphatic heterocycles. The van der Waals surface area contributed by atoms with Crippen molar-refractivity contribution < 1.29 is 29.6 Å². The summed E-state index contributed by atoms with van der Waals surface area (Å²) in [7, 11) is 0. The van der Waals surface area contributed by atoms with Crippen LogP contribution < -0.4 is 14.7 Å². The number of phenolic OH excluding ortho intramolecular Hbond substituents is 1. The topological polar surface area (TPSA) is 106 Å². The first-order chi connectivity index (χ1) is 37.2. The lowest BCUT2D eigenvalue weighted by Gasteiger charge is -2.41. The molecule has 3 fully saturated rings. The van der Waals surface area contributed by atoms with E-state index in [1.165, 1.54) is 62.3 Å². The molecule has 0 amide bonds. The third-order valence-corrected chi connectivity index (χ3v) is 18.1. The SMILES string of the molecule is O=C(O)CN1CCCCCN(c2ccc([C@@H]3c4ccc(OOC(=O)CN5CCC6(CCCN(c7ccc([C@@H]8c9ccc(O)cc9CC[C@@H]8c8ccccc8)cc7)CC6)CC5)cc4CC[C@@H]3c3ccccc3)cc2)CCC1. The zero-order chi connectivity index (χ0) is 51.8. The van der Waals surface area contributed by atoms with Gasteiger partial charge in [0, 0.05) is 55.9 Å². The number of benzene rings is 6. The number of carboxylic acid groups (broad SMARTS) is 1. The molecular formula is C66H76N4O6. The van der Waals surface area contributed by atoms with Crippen LogP contribution in [-0.2, 0) is 27.3 Å². The number of carbonyl (C=O) groups is 2. The van der Waals surface area contributed by atoms with Crippen LogP contribution in [0.1, 0.15) is 139 Å².